The number of carbonyl (C=O) groups is 2. The molecule has 1 N–H and O–H groups in total. The van der Waals surface area contributed by atoms with E-state index in [1.54, 1.807) is 30.9 Å². The van der Waals surface area contributed by atoms with Gasteiger partial charge in [-0.3, -0.25) is 4.79 Å². The molecule has 1 aliphatic rings. The summed E-state index contributed by atoms with van der Waals surface area (Å²) in [5, 5.41) is 3.32. The molecule has 2 rings (SSSR count). The summed E-state index contributed by atoms with van der Waals surface area (Å²) < 4.78 is 4.96. The molecule has 0 saturated carbocycles. The number of amides is 1. The van der Waals surface area contributed by atoms with Crippen LogP contribution in [-0.2, 0) is 9.53 Å². The maximum absolute atomic E-state index is 12.0. The zero-order chi connectivity index (χ0) is 15.2. The Morgan fingerprint density at radius 1 is 1.33 bits per heavy atom. The first-order valence-electron chi connectivity index (χ1n) is 7.41. The summed E-state index contributed by atoms with van der Waals surface area (Å²) in [6.07, 6.45) is 2.06. The molecule has 1 amide bonds. The molecule has 1 heterocycles. The lowest BCUT2D eigenvalue weighted by molar-refractivity contribution is -0.117. The average molecular weight is 290 g/mol. The number of ether oxygens (including phenoxy) is 1. The minimum absolute atomic E-state index is 0.0209. The molecule has 0 bridgehead atoms. The van der Waals surface area contributed by atoms with Crippen molar-refractivity contribution in [1.82, 2.24) is 5.32 Å². The third kappa shape index (κ3) is 3.82. The molecule has 1 fully saturated rings. The van der Waals surface area contributed by atoms with E-state index in [0.717, 1.165) is 31.6 Å². The molecule has 21 heavy (non-hydrogen) atoms. The maximum Gasteiger partial charge on any atom is 0.338 e. The van der Waals surface area contributed by atoms with Gasteiger partial charge in [-0.05, 0) is 50.6 Å². The molecule has 1 aliphatic heterocycles. The van der Waals surface area contributed by atoms with Gasteiger partial charge in [0.05, 0.1) is 12.2 Å². The fourth-order valence-electron chi connectivity index (χ4n) is 2.68. The molecule has 0 aliphatic carbocycles. The molecule has 5 nitrogen and oxygen atoms in total. The second kappa shape index (κ2) is 7.22. The van der Waals surface area contributed by atoms with Crippen molar-refractivity contribution in [3.05, 3.63) is 29.8 Å². The van der Waals surface area contributed by atoms with Crippen LogP contribution in [0, 0.1) is 0 Å². The van der Waals surface area contributed by atoms with E-state index in [2.05, 4.69) is 5.32 Å². The van der Waals surface area contributed by atoms with E-state index in [-0.39, 0.29) is 17.9 Å². The lowest BCUT2D eigenvalue weighted by Crippen LogP contribution is -2.48. The Hall–Kier alpha value is -1.88. The van der Waals surface area contributed by atoms with Crippen LogP contribution in [-0.4, -0.2) is 37.6 Å². The van der Waals surface area contributed by atoms with Crippen LogP contribution in [0.3, 0.4) is 0 Å². The van der Waals surface area contributed by atoms with Gasteiger partial charge in [0.25, 0.3) is 0 Å². The largest absolute Gasteiger partial charge is 0.462 e. The predicted molar refractivity (Wildman–Crippen MR) is 81.5 cm³/mol. The number of esters is 1. The van der Waals surface area contributed by atoms with Gasteiger partial charge in [-0.1, -0.05) is 0 Å². The number of anilines is 1. The Kier molecular flexibility index (Phi) is 5.33. The highest BCUT2D eigenvalue weighted by Gasteiger charge is 2.24. The van der Waals surface area contributed by atoms with Crippen molar-refractivity contribution in [2.45, 2.75) is 32.7 Å². The van der Waals surface area contributed by atoms with Crippen molar-refractivity contribution in [3.8, 4) is 0 Å². The van der Waals surface area contributed by atoms with Gasteiger partial charge in [-0.2, -0.15) is 0 Å². The lowest BCUT2D eigenvalue weighted by Gasteiger charge is -2.34. The molecule has 1 saturated heterocycles. The molecule has 1 atom stereocenters. The van der Waals surface area contributed by atoms with Crippen molar-refractivity contribution < 1.29 is 14.3 Å². The van der Waals surface area contributed by atoms with E-state index < -0.39 is 0 Å². The summed E-state index contributed by atoms with van der Waals surface area (Å²) >= 11 is 0. The Morgan fingerprint density at radius 3 is 2.57 bits per heavy atom. The van der Waals surface area contributed by atoms with Gasteiger partial charge >= 0.3 is 5.97 Å². The second-order valence-corrected chi connectivity index (χ2v) is 5.16. The number of hydrogen-bond acceptors (Lipinski definition) is 4. The minimum Gasteiger partial charge on any atom is -0.462 e. The second-order valence-electron chi connectivity index (χ2n) is 5.16. The molecule has 5 heteroatoms. The highest BCUT2D eigenvalue weighted by atomic mass is 16.5. The minimum atomic E-state index is -0.335. The van der Waals surface area contributed by atoms with Gasteiger partial charge < -0.3 is 15.0 Å². The smallest absolute Gasteiger partial charge is 0.338 e. The summed E-state index contributed by atoms with van der Waals surface area (Å²) in [4.78, 5) is 25.4. The van der Waals surface area contributed by atoms with Crippen LogP contribution < -0.4 is 10.2 Å². The number of nitrogens with zero attached hydrogens (tertiary/aromatic N) is 1. The number of hydrogen-bond donors (Lipinski definition) is 1. The van der Waals surface area contributed by atoms with Gasteiger partial charge in [-0.15, -0.1) is 0 Å². The number of nitrogens with one attached hydrogen (secondary N) is 1. The predicted octanol–water partition coefficient (Wildman–Crippen LogP) is 1.97. The molecular formula is C16H22N2O3. The Morgan fingerprint density at radius 2 is 2.05 bits per heavy atom. The van der Waals surface area contributed by atoms with Crippen LogP contribution in [0.5, 0.6) is 0 Å². The van der Waals surface area contributed by atoms with Crippen molar-refractivity contribution in [2.24, 2.45) is 0 Å². The topological polar surface area (TPSA) is 58.6 Å². The van der Waals surface area contributed by atoms with Gasteiger partial charge in [0.1, 0.15) is 0 Å². The van der Waals surface area contributed by atoms with Crippen LogP contribution in [0.1, 0.15) is 37.0 Å². The van der Waals surface area contributed by atoms with Gasteiger partial charge in [0.2, 0.25) is 5.91 Å². The normalized spacial score (nSPS) is 18.1. The van der Waals surface area contributed by atoms with Crippen LogP contribution in [0.4, 0.5) is 5.69 Å². The number of piperidine rings is 1. The number of rotatable bonds is 4. The van der Waals surface area contributed by atoms with Crippen LogP contribution in [0.2, 0.25) is 0 Å². The van der Waals surface area contributed by atoms with Crippen LogP contribution >= 0.6 is 0 Å². The van der Waals surface area contributed by atoms with Crippen molar-refractivity contribution in [3.63, 3.8) is 0 Å². The zero-order valence-corrected chi connectivity index (χ0v) is 12.6. The Bertz CT molecular complexity index is 493. The fourth-order valence-corrected chi connectivity index (χ4v) is 2.68. The van der Waals surface area contributed by atoms with Crippen LogP contribution in [0.25, 0.3) is 0 Å². The van der Waals surface area contributed by atoms with Crippen molar-refractivity contribution >= 4 is 17.6 Å². The molecule has 0 aromatic heterocycles. The highest BCUT2D eigenvalue weighted by molar-refractivity contribution is 5.94. The molecule has 1 aromatic rings. The summed E-state index contributed by atoms with van der Waals surface area (Å²) in [7, 11) is 0. The zero-order valence-electron chi connectivity index (χ0n) is 12.6. The third-order valence-electron chi connectivity index (χ3n) is 3.63. The number of carbonyl (C=O) groups excluding carboxylic acids is 2. The van der Waals surface area contributed by atoms with Gasteiger partial charge in [0, 0.05) is 25.2 Å². The maximum atomic E-state index is 12.0. The van der Waals surface area contributed by atoms with Crippen molar-refractivity contribution in [1.29, 1.82) is 0 Å². The summed E-state index contributed by atoms with van der Waals surface area (Å²) in [6, 6.07) is 7.20. The van der Waals surface area contributed by atoms with Crippen molar-refractivity contribution in [2.75, 3.05) is 24.6 Å². The number of benzene rings is 1. The van der Waals surface area contributed by atoms with Gasteiger partial charge in [-0.25, -0.2) is 4.79 Å². The highest BCUT2D eigenvalue weighted by Crippen LogP contribution is 2.22. The van der Waals surface area contributed by atoms with E-state index in [0.29, 0.717) is 12.2 Å². The first-order valence-corrected chi connectivity index (χ1v) is 7.41. The molecule has 0 radical (unpaired) electrons. The average Bonchev–Trinajstić information content (AvgIpc) is 2.49. The first kappa shape index (κ1) is 15.5. The fraction of sp³-hybridized carbons (Fsp3) is 0.500. The van der Waals surface area contributed by atoms with E-state index in [9.17, 15) is 9.59 Å². The Balaban J connectivity index is 2.17. The van der Waals surface area contributed by atoms with E-state index in [1.807, 2.05) is 12.1 Å². The van der Waals surface area contributed by atoms with E-state index in [4.69, 9.17) is 4.74 Å². The molecule has 114 valence electrons. The standard InChI is InChI=1S/C16H22N2O3/c1-3-21-16(20)13-6-8-14(9-7-13)18(12(2)19)15-5-4-10-17-11-15/h6-9,15,17H,3-5,10-11H2,1-2H3. The third-order valence-corrected chi connectivity index (χ3v) is 3.63. The molecular weight excluding hydrogens is 268 g/mol. The Labute approximate surface area is 125 Å². The first-order chi connectivity index (χ1) is 10.1. The summed E-state index contributed by atoms with van der Waals surface area (Å²) in [5.74, 6) is -0.314. The monoisotopic (exact) mass is 290 g/mol. The molecule has 0 spiro atoms. The van der Waals surface area contributed by atoms with Gasteiger partial charge in [0.15, 0.2) is 0 Å². The van der Waals surface area contributed by atoms with E-state index >= 15 is 0 Å². The molecule has 1 unspecified atom stereocenters. The summed E-state index contributed by atoms with van der Waals surface area (Å²) in [5.41, 5.74) is 1.33. The SMILES string of the molecule is CCOC(=O)c1ccc(N(C(C)=O)C2CCCNC2)cc1. The quantitative estimate of drug-likeness (QED) is 0.861. The summed E-state index contributed by atoms with van der Waals surface area (Å²) in [6.45, 7) is 5.52. The molecule has 1 aromatic carbocycles. The lowest BCUT2D eigenvalue weighted by atomic mass is 10.0. The van der Waals surface area contributed by atoms with E-state index in [1.165, 1.54) is 0 Å². The van der Waals surface area contributed by atoms with Crippen LogP contribution in [0.15, 0.2) is 24.3 Å².